The number of hydrogen-bond acceptors (Lipinski definition) is 6. The van der Waals surface area contributed by atoms with E-state index in [1.807, 2.05) is 30.6 Å². The van der Waals surface area contributed by atoms with Gasteiger partial charge in [0.05, 0.1) is 5.69 Å². The number of halogens is 2. The molecule has 1 saturated heterocycles. The van der Waals surface area contributed by atoms with Gasteiger partial charge in [-0.1, -0.05) is 11.6 Å². The Hall–Kier alpha value is -3.94. The number of benzene rings is 1. The quantitative estimate of drug-likeness (QED) is 0.297. The van der Waals surface area contributed by atoms with E-state index in [1.165, 1.54) is 12.1 Å². The molecule has 0 saturated carbocycles. The largest absolute Gasteiger partial charge is 0.354 e. The average Bonchev–Trinajstić information content (AvgIpc) is 2.94. The van der Waals surface area contributed by atoms with Crippen LogP contribution in [0.3, 0.4) is 0 Å². The minimum absolute atomic E-state index is 0.328. The molecule has 184 valence electrons. The predicted molar refractivity (Wildman–Crippen MR) is 146 cm³/mol. The molecule has 1 aromatic carbocycles. The van der Waals surface area contributed by atoms with Gasteiger partial charge in [0.1, 0.15) is 11.6 Å². The van der Waals surface area contributed by atoms with Crippen LogP contribution in [0.25, 0.3) is 44.5 Å². The van der Waals surface area contributed by atoms with Gasteiger partial charge in [-0.15, -0.1) is 0 Å². The molecule has 0 amide bonds. The molecule has 1 fully saturated rings. The van der Waals surface area contributed by atoms with E-state index in [1.54, 1.807) is 18.5 Å². The Morgan fingerprint density at radius 2 is 1.65 bits per heavy atom. The van der Waals surface area contributed by atoms with Gasteiger partial charge in [-0.2, -0.15) is 0 Å². The second-order valence-corrected chi connectivity index (χ2v) is 9.65. The van der Waals surface area contributed by atoms with E-state index in [0.717, 1.165) is 59.6 Å². The topological polar surface area (TPSA) is 58.0 Å². The number of likely N-dealkylation sites (N-methyl/N-ethyl adjacent to an activating group) is 1. The summed E-state index contributed by atoms with van der Waals surface area (Å²) in [5.74, 6) is 0.594. The van der Waals surface area contributed by atoms with Crippen molar-refractivity contribution in [1.29, 1.82) is 0 Å². The molecule has 0 unspecified atom stereocenters. The summed E-state index contributed by atoms with van der Waals surface area (Å²) in [6, 6.07) is 16.4. The Morgan fingerprint density at radius 1 is 0.811 bits per heavy atom. The van der Waals surface area contributed by atoms with Gasteiger partial charge in [0.25, 0.3) is 0 Å². The maximum Gasteiger partial charge on any atom is 0.160 e. The van der Waals surface area contributed by atoms with Crippen LogP contribution in [0.2, 0.25) is 5.02 Å². The van der Waals surface area contributed by atoms with Crippen molar-refractivity contribution in [2.75, 3.05) is 38.1 Å². The molecule has 5 aromatic rings. The van der Waals surface area contributed by atoms with Crippen molar-refractivity contribution in [1.82, 2.24) is 24.8 Å². The number of piperazine rings is 1. The van der Waals surface area contributed by atoms with Gasteiger partial charge in [-0.25, -0.2) is 19.3 Å². The second-order valence-electron chi connectivity index (χ2n) is 9.21. The highest BCUT2D eigenvalue weighted by molar-refractivity contribution is 6.30. The van der Waals surface area contributed by atoms with E-state index in [4.69, 9.17) is 16.6 Å². The molecule has 0 radical (unpaired) electrons. The third-order valence-electron chi connectivity index (χ3n) is 6.75. The molecular weight excluding hydrogens is 487 g/mol. The van der Waals surface area contributed by atoms with Crippen LogP contribution in [-0.2, 0) is 0 Å². The molecule has 1 aliphatic rings. The first-order valence-electron chi connectivity index (χ1n) is 12.1. The first-order valence-corrected chi connectivity index (χ1v) is 12.5. The Kier molecular flexibility index (Phi) is 6.24. The zero-order valence-corrected chi connectivity index (χ0v) is 21.0. The van der Waals surface area contributed by atoms with Gasteiger partial charge < -0.3 is 9.80 Å². The predicted octanol–water partition coefficient (Wildman–Crippen LogP) is 5.97. The third-order valence-corrected chi connectivity index (χ3v) is 6.98. The van der Waals surface area contributed by atoms with Crippen molar-refractivity contribution >= 4 is 28.5 Å². The van der Waals surface area contributed by atoms with Crippen molar-refractivity contribution < 1.29 is 4.39 Å². The van der Waals surface area contributed by atoms with Crippen LogP contribution in [0.1, 0.15) is 0 Å². The number of fused-ring (bicyclic) bond motifs is 1. The molecule has 0 bridgehead atoms. The molecule has 0 aliphatic carbocycles. The number of aromatic nitrogens is 4. The minimum atomic E-state index is -0.392. The average molecular weight is 511 g/mol. The van der Waals surface area contributed by atoms with E-state index >= 15 is 0 Å². The third kappa shape index (κ3) is 4.75. The maximum absolute atomic E-state index is 14.7. The molecular formula is C29H24ClFN6. The summed E-state index contributed by atoms with van der Waals surface area (Å²) < 4.78 is 14.7. The SMILES string of the molecule is CN1CCN(c2ccc(-c3cncc(-c4cc(-c5cc(Cl)ccc5F)nc5ncccc45)c3)cn2)CC1. The number of nitrogens with zero attached hydrogens (tertiary/aromatic N) is 6. The molecule has 6 nitrogen and oxygen atoms in total. The highest BCUT2D eigenvalue weighted by Crippen LogP contribution is 2.34. The van der Waals surface area contributed by atoms with Gasteiger partial charge in [0, 0.05) is 83.6 Å². The van der Waals surface area contributed by atoms with E-state index in [9.17, 15) is 4.39 Å². The Balaban J connectivity index is 1.39. The van der Waals surface area contributed by atoms with Crippen LogP contribution < -0.4 is 4.90 Å². The van der Waals surface area contributed by atoms with Gasteiger partial charge in [0.15, 0.2) is 5.65 Å². The summed E-state index contributed by atoms with van der Waals surface area (Å²) in [6.07, 6.45) is 7.21. The van der Waals surface area contributed by atoms with Gasteiger partial charge in [-0.3, -0.25) is 4.98 Å². The van der Waals surface area contributed by atoms with E-state index < -0.39 is 5.82 Å². The summed E-state index contributed by atoms with van der Waals surface area (Å²) in [7, 11) is 2.14. The van der Waals surface area contributed by atoms with Crippen molar-refractivity contribution in [3.05, 3.63) is 90.2 Å². The normalized spacial score (nSPS) is 14.3. The highest BCUT2D eigenvalue weighted by Gasteiger charge is 2.16. The monoisotopic (exact) mass is 510 g/mol. The van der Waals surface area contributed by atoms with Crippen molar-refractivity contribution in [2.45, 2.75) is 0 Å². The fraction of sp³-hybridized carbons (Fsp3) is 0.172. The molecule has 0 spiro atoms. The summed E-state index contributed by atoms with van der Waals surface area (Å²) in [4.78, 5) is 23.0. The summed E-state index contributed by atoms with van der Waals surface area (Å²) in [5, 5.41) is 1.30. The van der Waals surface area contributed by atoms with Crippen LogP contribution in [0.5, 0.6) is 0 Å². The zero-order valence-electron chi connectivity index (χ0n) is 20.3. The summed E-state index contributed by atoms with van der Waals surface area (Å²) in [6.45, 7) is 4.01. The highest BCUT2D eigenvalue weighted by atomic mass is 35.5. The number of rotatable bonds is 4. The summed E-state index contributed by atoms with van der Waals surface area (Å²) >= 11 is 6.17. The van der Waals surface area contributed by atoms with Crippen molar-refractivity contribution in [3.8, 4) is 33.5 Å². The first kappa shape index (κ1) is 23.5. The molecule has 4 aromatic heterocycles. The van der Waals surface area contributed by atoms with Crippen LogP contribution in [0.4, 0.5) is 10.2 Å². The molecule has 5 heterocycles. The number of anilines is 1. The Morgan fingerprint density at radius 3 is 2.46 bits per heavy atom. The standard InChI is InChI=1S/C29H24ClFN6/c1-36-9-11-37(12-10-36)28-7-4-19(18-34-28)20-13-21(17-32-16-20)24-15-27(25-14-22(30)5-6-26(25)31)35-29-23(24)3-2-8-33-29/h2-8,13-18H,9-12H2,1H3. The number of hydrogen-bond donors (Lipinski definition) is 0. The van der Waals surface area contributed by atoms with Gasteiger partial charge in [-0.05, 0) is 67.2 Å². The molecule has 1 aliphatic heterocycles. The van der Waals surface area contributed by atoms with Crippen LogP contribution in [0.15, 0.2) is 79.4 Å². The van der Waals surface area contributed by atoms with E-state index in [-0.39, 0.29) is 0 Å². The zero-order chi connectivity index (χ0) is 25.4. The second kappa shape index (κ2) is 9.84. The Bertz CT molecular complexity index is 1580. The summed E-state index contributed by atoms with van der Waals surface area (Å²) in [5.41, 5.74) is 4.98. The number of pyridine rings is 4. The lowest BCUT2D eigenvalue weighted by atomic mass is 9.98. The van der Waals surface area contributed by atoms with Crippen LogP contribution in [0, 0.1) is 5.82 Å². The first-order chi connectivity index (χ1) is 18.0. The molecule has 37 heavy (non-hydrogen) atoms. The smallest absolute Gasteiger partial charge is 0.160 e. The minimum Gasteiger partial charge on any atom is -0.354 e. The van der Waals surface area contributed by atoms with Crippen molar-refractivity contribution in [2.24, 2.45) is 0 Å². The molecule has 8 heteroatoms. The molecule has 0 atom stereocenters. The van der Waals surface area contributed by atoms with Gasteiger partial charge >= 0.3 is 0 Å². The van der Waals surface area contributed by atoms with Crippen LogP contribution >= 0.6 is 11.6 Å². The maximum atomic E-state index is 14.7. The van der Waals surface area contributed by atoms with E-state index in [2.05, 4.69) is 50.0 Å². The lowest BCUT2D eigenvalue weighted by Crippen LogP contribution is -2.44. The fourth-order valence-electron chi connectivity index (χ4n) is 4.65. The van der Waals surface area contributed by atoms with Crippen molar-refractivity contribution in [3.63, 3.8) is 0 Å². The van der Waals surface area contributed by atoms with Crippen LogP contribution in [-0.4, -0.2) is 58.1 Å². The lowest BCUT2D eigenvalue weighted by molar-refractivity contribution is 0.312. The Labute approximate surface area is 219 Å². The fourth-order valence-corrected chi connectivity index (χ4v) is 4.82. The van der Waals surface area contributed by atoms with Gasteiger partial charge in [0.2, 0.25) is 0 Å². The molecule has 6 rings (SSSR count). The molecule has 0 N–H and O–H groups in total. The lowest BCUT2D eigenvalue weighted by Gasteiger charge is -2.33. The van der Waals surface area contributed by atoms with E-state index in [0.29, 0.717) is 21.9 Å².